The van der Waals surface area contributed by atoms with Gasteiger partial charge in [-0.05, 0) is 25.0 Å². The molecule has 0 atom stereocenters. The second-order valence-electron chi connectivity index (χ2n) is 6.06. The number of rotatable bonds is 2. The number of carbonyl (C=O) groups is 1. The van der Waals surface area contributed by atoms with E-state index in [2.05, 4.69) is 15.8 Å². The molecule has 120 valence electrons. The first kappa shape index (κ1) is 14.1. The van der Waals surface area contributed by atoms with E-state index in [1.54, 1.807) is 0 Å². The molecular weight excluding hydrogens is 294 g/mol. The van der Waals surface area contributed by atoms with E-state index in [-0.39, 0.29) is 12.1 Å². The van der Waals surface area contributed by atoms with Gasteiger partial charge in [0.25, 0.3) is 0 Å². The third-order valence-electron chi connectivity index (χ3n) is 4.46. The molecule has 1 aliphatic carbocycles. The molecule has 0 saturated heterocycles. The van der Waals surface area contributed by atoms with Gasteiger partial charge in [0.2, 0.25) is 0 Å². The van der Waals surface area contributed by atoms with Gasteiger partial charge in [0.15, 0.2) is 11.6 Å². The van der Waals surface area contributed by atoms with Crippen molar-refractivity contribution < 1.29 is 14.1 Å². The minimum Gasteiger partial charge on any atom is -0.488 e. The fourth-order valence-corrected chi connectivity index (χ4v) is 3.26. The lowest BCUT2D eigenvalue weighted by molar-refractivity contribution is 0.244. The third-order valence-corrected chi connectivity index (χ3v) is 4.46. The van der Waals surface area contributed by atoms with Crippen molar-refractivity contribution in [1.29, 1.82) is 0 Å². The van der Waals surface area contributed by atoms with Crippen molar-refractivity contribution in [2.24, 2.45) is 0 Å². The first-order valence-corrected chi connectivity index (χ1v) is 8.09. The zero-order valence-corrected chi connectivity index (χ0v) is 12.8. The molecule has 1 aliphatic heterocycles. The van der Waals surface area contributed by atoms with Crippen LogP contribution in [0.25, 0.3) is 11.3 Å². The van der Waals surface area contributed by atoms with E-state index in [0.717, 1.165) is 29.7 Å². The summed E-state index contributed by atoms with van der Waals surface area (Å²) in [6.07, 6.45) is 5.69. The Morgan fingerprint density at radius 1 is 1.17 bits per heavy atom. The number of fused-ring (bicyclic) bond motifs is 3. The maximum atomic E-state index is 12.2. The molecule has 1 aromatic heterocycles. The first-order valence-electron chi connectivity index (χ1n) is 8.09. The van der Waals surface area contributed by atoms with Crippen LogP contribution >= 0.6 is 0 Å². The van der Waals surface area contributed by atoms with E-state index in [0.29, 0.717) is 18.2 Å². The predicted molar refractivity (Wildman–Crippen MR) is 85.3 cm³/mol. The number of benzene rings is 1. The average Bonchev–Trinajstić information content (AvgIpc) is 2.99. The molecular formula is C17H19N3O3. The van der Waals surface area contributed by atoms with E-state index >= 15 is 0 Å². The van der Waals surface area contributed by atoms with Gasteiger partial charge in [-0.2, -0.15) is 0 Å². The molecule has 0 spiro atoms. The first-order chi connectivity index (χ1) is 11.3. The minimum atomic E-state index is -0.230. The largest absolute Gasteiger partial charge is 0.488 e. The van der Waals surface area contributed by atoms with Gasteiger partial charge in [0.1, 0.15) is 12.4 Å². The van der Waals surface area contributed by atoms with Crippen LogP contribution in [0.15, 0.2) is 28.8 Å². The second kappa shape index (κ2) is 5.95. The van der Waals surface area contributed by atoms with Crippen molar-refractivity contribution in [2.45, 2.75) is 44.8 Å². The minimum absolute atomic E-state index is 0.230. The molecule has 0 unspecified atom stereocenters. The Labute approximate surface area is 134 Å². The number of para-hydroxylation sites is 1. The van der Waals surface area contributed by atoms with Crippen LogP contribution in [0, 0.1) is 0 Å². The quantitative estimate of drug-likeness (QED) is 0.886. The molecule has 1 fully saturated rings. The van der Waals surface area contributed by atoms with E-state index in [1.165, 1.54) is 19.3 Å². The molecule has 4 rings (SSSR count). The number of urea groups is 1. The molecule has 2 aromatic rings. The normalized spacial score (nSPS) is 16.9. The lowest BCUT2D eigenvalue weighted by Crippen LogP contribution is -2.39. The van der Waals surface area contributed by atoms with Crippen LogP contribution in [0.2, 0.25) is 0 Å². The van der Waals surface area contributed by atoms with Crippen LogP contribution in [-0.2, 0) is 6.61 Å². The molecule has 1 aromatic carbocycles. The maximum Gasteiger partial charge on any atom is 0.320 e. The van der Waals surface area contributed by atoms with E-state index in [9.17, 15) is 4.79 Å². The number of aromatic nitrogens is 1. The van der Waals surface area contributed by atoms with Crippen LogP contribution in [0.1, 0.15) is 37.7 Å². The predicted octanol–water partition coefficient (Wildman–Crippen LogP) is 3.69. The monoisotopic (exact) mass is 313 g/mol. The number of hydrogen-bond donors (Lipinski definition) is 2. The highest BCUT2D eigenvalue weighted by atomic mass is 16.5. The molecule has 2 aliphatic rings. The Morgan fingerprint density at radius 2 is 2.00 bits per heavy atom. The van der Waals surface area contributed by atoms with Gasteiger partial charge in [-0.15, -0.1) is 0 Å². The van der Waals surface area contributed by atoms with Crippen molar-refractivity contribution in [1.82, 2.24) is 10.5 Å². The highest BCUT2D eigenvalue weighted by Gasteiger charge is 2.26. The standard InChI is InChI=1S/C17H19N3O3/c21-17(18-11-6-2-1-3-7-11)19-16-13-10-22-14-9-5-4-8-12(14)15(13)23-20-16/h4-5,8-9,11H,1-3,6-7,10H2,(H2,18,19,20,21). The highest BCUT2D eigenvalue weighted by molar-refractivity contribution is 5.90. The molecule has 23 heavy (non-hydrogen) atoms. The molecule has 6 heteroatoms. The average molecular weight is 313 g/mol. The summed E-state index contributed by atoms with van der Waals surface area (Å²) >= 11 is 0. The molecule has 2 N–H and O–H groups in total. The van der Waals surface area contributed by atoms with Crippen molar-refractivity contribution in [3.63, 3.8) is 0 Å². The van der Waals surface area contributed by atoms with Crippen LogP contribution in [0.5, 0.6) is 5.75 Å². The zero-order valence-electron chi connectivity index (χ0n) is 12.8. The molecule has 2 heterocycles. The SMILES string of the molecule is O=C(Nc1noc2c1COc1ccccc1-2)NC1CCCCC1. The Hall–Kier alpha value is -2.50. The number of ether oxygens (including phenoxy) is 1. The summed E-state index contributed by atoms with van der Waals surface area (Å²) in [6, 6.07) is 7.67. The summed E-state index contributed by atoms with van der Waals surface area (Å²) in [5.74, 6) is 1.87. The Bertz CT molecular complexity index is 720. The summed E-state index contributed by atoms with van der Waals surface area (Å²) in [5, 5.41) is 9.81. The van der Waals surface area contributed by atoms with E-state index in [4.69, 9.17) is 9.26 Å². The van der Waals surface area contributed by atoms with Crippen LogP contribution in [-0.4, -0.2) is 17.2 Å². The highest BCUT2D eigenvalue weighted by Crippen LogP contribution is 2.39. The second-order valence-corrected chi connectivity index (χ2v) is 6.06. The van der Waals surface area contributed by atoms with E-state index < -0.39 is 0 Å². The number of hydrogen-bond acceptors (Lipinski definition) is 4. The number of carbonyl (C=O) groups excluding carboxylic acids is 1. The topological polar surface area (TPSA) is 76.4 Å². The summed E-state index contributed by atoms with van der Waals surface area (Å²) in [5.41, 5.74) is 1.64. The Kier molecular flexibility index (Phi) is 3.65. The van der Waals surface area contributed by atoms with Gasteiger partial charge in [0, 0.05) is 6.04 Å². The van der Waals surface area contributed by atoms with Crippen LogP contribution in [0.4, 0.5) is 10.6 Å². The van der Waals surface area contributed by atoms with Gasteiger partial charge in [-0.25, -0.2) is 4.79 Å². The molecule has 0 radical (unpaired) electrons. The van der Waals surface area contributed by atoms with Crippen LogP contribution < -0.4 is 15.4 Å². The van der Waals surface area contributed by atoms with Gasteiger partial charge in [-0.3, -0.25) is 5.32 Å². The van der Waals surface area contributed by atoms with Gasteiger partial charge in [-0.1, -0.05) is 36.6 Å². The van der Waals surface area contributed by atoms with Crippen molar-refractivity contribution in [3.05, 3.63) is 29.8 Å². The number of nitrogens with one attached hydrogen (secondary N) is 2. The molecule has 6 nitrogen and oxygen atoms in total. The fourth-order valence-electron chi connectivity index (χ4n) is 3.26. The Balaban J connectivity index is 1.49. The number of anilines is 1. The third kappa shape index (κ3) is 2.76. The van der Waals surface area contributed by atoms with Crippen molar-refractivity contribution in [2.75, 3.05) is 5.32 Å². The molecule has 1 saturated carbocycles. The van der Waals surface area contributed by atoms with Crippen molar-refractivity contribution >= 4 is 11.8 Å². The summed E-state index contributed by atoms with van der Waals surface area (Å²) in [7, 11) is 0. The Morgan fingerprint density at radius 3 is 2.87 bits per heavy atom. The van der Waals surface area contributed by atoms with Crippen LogP contribution in [0.3, 0.4) is 0 Å². The zero-order chi connectivity index (χ0) is 15.6. The lowest BCUT2D eigenvalue weighted by atomic mass is 9.96. The lowest BCUT2D eigenvalue weighted by Gasteiger charge is -2.22. The van der Waals surface area contributed by atoms with Gasteiger partial charge < -0.3 is 14.6 Å². The maximum absolute atomic E-state index is 12.2. The smallest absolute Gasteiger partial charge is 0.320 e. The summed E-state index contributed by atoms with van der Waals surface area (Å²) < 4.78 is 11.1. The number of amides is 2. The van der Waals surface area contributed by atoms with Crippen molar-refractivity contribution in [3.8, 4) is 17.1 Å². The molecule has 0 bridgehead atoms. The summed E-state index contributed by atoms with van der Waals surface area (Å²) in [4.78, 5) is 12.2. The van der Waals surface area contributed by atoms with Gasteiger partial charge in [0.05, 0.1) is 11.1 Å². The van der Waals surface area contributed by atoms with Gasteiger partial charge >= 0.3 is 6.03 Å². The fraction of sp³-hybridized carbons (Fsp3) is 0.412. The van der Waals surface area contributed by atoms with E-state index in [1.807, 2.05) is 24.3 Å². The number of nitrogens with zero attached hydrogens (tertiary/aromatic N) is 1. The molecule has 2 amide bonds. The summed E-state index contributed by atoms with van der Waals surface area (Å²) in [6.45, 7) is 0.342.